The average Bonchev–Trinajstić information content (AvgIpc) is 2.37. The van der Waals surface area contributed by atoms with Crippen LogP contribution in [0.2, 0.25) is 0 Å². The Bertz CT molecular complexity index is 521. The molecule has 2 rings (SSSR count). The van der Waals surface area contributed by atoms with E-state index in [1.54, 1.807) is 19.9 Å². The maximum atomic E-state index is 10.7. The molecule has 0 amide bonds. The molecule has 1 aliphatic heterocycles. The second-order valence-corrected chi connectivity index (χ2v) is 5.91. The molecule has 2 heterocycles. The van der Waals surface area contributed by atoms with Crippen LogP contribution in [-0.4, -0.2) is 58.2 Å². The predicted molar refractivity (Wildman–Crippen MR) is 80.3 cm³/mol. The highest BCUT2D eigenvalue weighted by atomic mass is 16.6. The van der Waals surface area contributed by atoms with E-state index in [2.05, 4.69) is 9.88 Å². The van der Waals surface area contributed by atoms with E-state index in [9.17, 15) is 15.2 Å². The van der Waals surface area contributed by atoms with E-state index in [1.807, 2.05) is 4.90 Å². The molecule has 0 bridgehead atoms. The van der Waals surface area contributed by atoms with Crippen LogP contribution >= 0.6 is 0 Å². The molecule has 0 unspecified atom stereocenters. The number of anilines is 2. The molecular weight excluding hydrogens is 274 g/mol. The van der Waals surface area contributed by atoms with E-state index < -0.39 is 10.5 Å². The molecule has 1 aromatic heterocycles. The van der Waals surface area contributed by atoms with Gasteiger partial charge >= 0.3 is 5.69 Å². The molecule has 0 atom stereocenters. The van der Waals surface area contributed by atoms with Crippen LogP contribution in [0.1, 0.15) is 13.8 Å². The summed E-state index contributed by atoms with van der Waals surface area (Å²) in [5, 5.41) is 20.6. The van der Waals surface area contributed by atoms with E-state index in [1.165, 1.54) is 6.07 Å². The van der Waals surface area contributed by atoms with Gasteiger partial charge in [0.25, 0.3) is 0 Å². The van der Waals surface area contributed by atoms with Gasteiger partial charge in [-0.25, -0.2) is 4.98 Å². The van der Waals surface area contributed by atoms with Gasteiger partial charge < -0.3 is 15.7 Å². The fourth-order valence-corrected chi connectivity index (χ4v) is 2.47. The molecule has 3 N–H and O–H groups in total. The smallest absolute Gasteiger partial charge is 0.311 e. The van der Waals surface area contributed by atoms with Gasteiger partial charge in [0.05, 0.1) is 10.5 Å². The van der Waals surface area contributed by atoms with Crippen LogP contribution in [0.4, 0.5) is 17.3 Å². The van der Waals surface area contributed by atoms with Crippen molar-refractivity contribution in [1.82, 2.24) is 9.88 Å². The first-order valence-electron chi connectivity index (χ1n) is 6.87. The summed E-state index contributed by atoms with van der Waals surface area (Å²) in [6, 6.07) is 3.01. The molecule has 8 heteroatoms. The van der Waals surface area contributed by atoms with E-state index in [-0.39, 0.29) is 11.5 Å². The SMILES string of the molecule is CC(C)(O)CN1CCN(c2ccc([N+](=O)[O-])c(N)n2)CC1. The molecule has 1 fully saturated rings. The highest BCUT2D eigenvalue weighted by molar-refractivity contribution is 5.58. The average molecular weight is 295 g/mol. The number of pyridine rings is 1. The highest BCUT2D eigenvalue weighted by Gasteiger charge is 2.24. The van der Waals surface area contributed by atoms with Crippen molar-refractivity contribution in [2.45, 2.75) is 19.4 Å². The summed E-state index contributed by atoms with van der Waals surface area (Å²) in [6.45, 7) is 7.32. The third-order valence-electron chi connectivity index (χ3n) is 3.39. The molecule has 21 heavy (non-hydrogen) atoms. The van der Waals surface area contributed by atoms with Gasteiger partial charge in [0, 0.05) is 38.8 Å². The van der Waals surface area contributed by atoms with Crippen molar-refractivity contribution in [2.75, 3.05) is 43.4 Å². The summed E-state index contributed by atoms with van der Waals surface area (Å²) in [5.41, 5.74) is 4.74. The molecule has 1 aromatic rings. The van der Waals surface area contributed by atoms with Crippen LogP contribution in [0.15, 0.2) is 12.1 Å². The molecule has 1 saturated heterocycles. The second-order valence-electron chi connectivity index (χ2n) is 5.91. The number of nitro groups is 1. The normalized spacial score (nSPS) is 17.0. The maximum absolute atomic E-state index is 10.7. The third kappa shape index (κ3) is 4.02. The molecule has 0 spiro atoms. The Morgan fingerprint density at radius 2 is 2.00 bits per heavy atom. The predicted octanol–water partition coefficient (Wildman–Crippen LogP) is 0.465. The Hall–Kier alpha value is -1.93. The summed E-state index contributed by atoms with van der Waals surface area (Å²) in [5.74, 6) is 0.595. The van der Waals surface area contributed by atoms with Crippen molar-refractivity contribution in [2.24, 2.45) is 0 Å². The van der Waals surface area contributed by atoms with Crippen molar-refractivity contribution in [3.8, 4) is 0 Å². The van der Waals surface area contributed by atoms with Gasteiger partial charge in [0.1, 0.15) is 5.82 Å². The largest absolute Gasteiger partial charge is 0.389 e. The van der Waals surface area contributed by atoms with Crippen LogP contribution in [0.3, 0.4) is 0 Å². The topological polar surface area (TPSA) is 109 Å². The lowest BCUT2D eigenvalue weighted by Gasteiger charge is -2.37. The highest BCUT2D eigenvalue weighted by Crippen LogP contribution is 2.23. The monoisotopic (exact) mass is 295 g/mol. The number of piperazine rings is 1. The lowest BCUT2D eigenvalue weighted by Crippen LogP contribution is -2.50. The van der Waals surface area contributed by atoms with Crippen molar-refractivity contribution in [3.05, 3.63) is 22.2 Å². The number of nitrogens with two attached hydrogens (primary N) is 1. The number of aromatic nitrogens is 1. The lowest BCUT2D eigenvalue weighted by molar-refractivity contribution is -0.384. The van der Waals surface area contributed by atoms with E-state index in [0.717, 1.165) is 26.2 Å². The van der Waals surface area contributed by atoms with Gasteiger partial charge in [-0.3, -0.25) is 15.0 Å². The first kappa shape index (κ1) is 15.5. The van der Waals surface area contributed by atoms with Crippen molar-refractivity contribution in [3.63, 3.8) is 0 Å². The van der Waals surface area contributed by atoms with Crippen molar-refractivity contribution >= 4 is 17.3 Å². The van der Waals surface area contributed by atoms with Crippen LogP contribution in [0, 0.1) is 10.1 Å². The summed E-state index contributed by atoms with van der Waals surface area (Å²) < 4.78 is 0. The zero-order valence-corrected chi connectivity index (χ0v) is 12.3. The van der Waals surface area contributed by atoms with E-state index in [4.69, 9.17) is 5.73 Å². The van der Waals surface area contributed by atoms with Crippen LogP contribution in [0.5, 0.6) is 0 Å². The summed E-state index contributed by atoms with van der Waals surface area (Å²) in [7, 11) is 0. The maximum Gasteiger partial charge on any atom is 0.311 e. The number of nitrogens with zero attached hydrogens (tertiary/aromatic N) is 4. The van der Waals surface area contributed by atoms with E-state index in [0.29, 0.717) is 12.4 Å². The minimum atomic E-state index is -0.710. The minimum Gasteiger partial charge on any atom is -0.389 e. The molecule has 0 aliphatic carbocycles. The molecule has 8 nitrogen and oxygen atoms in total. The lowest BCUT2D eigenvalue weighted by atomic mass is 10.1. The van der Waals surface area contributed by atoms with Gasteiger partial charge in [0.15, 0.2) is 0 Å². The standard InChI is InChI=1S/C13H21N5O3/c1-13(2,19)9-16-5-7-17(8-6-16)11-4-3-10(18(20)21)12(14)15-11/h3-4,19H,5-9H2,1-2H3,(H2,14,15). The Balaban J connectivity index is 1.99. The zero-order chi connectivity index (χ0) is 15.6. The number of hydrogen-bond acceptors (Lipinski definition) is 7. The number of β-amino-alcohol motifs (C(OH)–C–C–N with tert-alkyl or cyclic N) is 1. The number of hydrogen-bond donors (Lipinski definition) is 2. The fraction of sp³-hybridized carbons (Fsp3) is 0.615. The first-order valence-corrected chi connectivity index (χ1v) is 6.87. The van der Waals surface area contributed by atoms with Crippen molar-refractivity contribution < 1.29 is 10.0 Å². The Morgan fingerprint density at radius 3 is 2.48 bits per heavy atom. The van der Waals surface area contributed by atoms with Gasteiger partial charge in [-0.1, -0.05) is 0 Å². The van der Waals surface area contributed by atoms with Gasteiger partial charge in [-0.2, -0.15) is 0 Å². The van der Waals surface area contributed by atoms with Gasteiger partial charge in [-0.05, 0) is 19.9 Å². The van der Waals surface area contributed by atoms with Gasteiger partial charge in [-0.15, -0.1) is 0 Å². The number of nitrogen functional groups attached to an aromatic ring is 1. The first-order chi connectivity index (χ1) is 9.76. The molecule has 116 valence electrons. The quantitative estimate of drug-likeness (QED) is 0.613. The fourth-order valence-electron chi connectivity index (χ4n) is 2.47. The molecule has 0 radical (unpaired) electrons. The van der Waals surface area contributed by atoms with Crippen molar-refractivity contribution in [1.29, 1.82) is 0 Å². The number of aliphatic hydroxyl groups is 1. The Morgan fingerprint density at radius 1 is 1.38 bits per heavy atom. The van der Waals surface area contributed by atoms with Crippen LogP contribution in [-0.2, 0) is 0 Å². The molecule has 1 aliphatic rings. The Kier molecular flexibility index (Phi) is 4.29. The van der Waals surface area contributed by atoms with Crippen LogP contribution in [0.25, 0.3) is 0 Å². The molecule has 0 saturated carbocycles. The Labute approximate surface area is 123 Å². The van der Waals surface area contributed by atoms with Crippen LogP contribution < -0.4 is 10.6 Å². The summed E-state index contributed by atoms with van der Waals surface area (Å²) in [4.78, 5) is 18.5. The van der Waals surface area contributed by atoms with E-state index >= 15 is 0 Å². The molecular formula is C13H21N5O3. The third-order valence-corrected chi connectivity index (χ3v) is 3.39. The molecule has 0 aromatic carbocycles. The summed E-state index contributed by atoms with van der Waals surface area (Å²) >= 11 is 0. The summed E-state index contributed by atoms with van der Waals surface area (Å²) in [6.07, 6.45) is 0. The zero-order valence-electron chi connectivity index (χ0n) is 12.3. The second kappa shape index (κ2) is 5.82. The number of rotatable bonds is 4. The minimum absolute atomic E-state index is 0.0589. The van der Waals surface area contributed by atoms with Gasteiger partial charge in [0.2, 0.25) is 5.82 Å².